The molecule has 2 bridgehead atoms. The van der Waals surface area contributed by atoms with E-state index in [-0.39, 0.29) is 17.6 Å². The Balaban J connectivity index is 1.94. The number of fused-ring (bicyclic) bond motifs is 2. The van der Waals surface area contributed by atoms with Gasteiger partial charge in [-0.15, -0.1) is 0 Å². The molecule has 5 heteroatoms. The number of ketones is 1. The molecule has 5 nitrogen and oxygen atoms in total. The monoisotopic (exact) mass is 259 g/mol. The number of anilines is 1. The maximum atomic E-state index is 12.1. The maximum absolute atomic E-state index is 12.1. The van der Waals surface area contributed by atoms with Gasteiger partial charge in [0.1, 0.15) is 12.2 Å². The summed E-state index contributed by atoms with van der Waals surface area (Å²) >= 11 is 0. The summed E-state index contributed by atoms with van der Waals surface area (Å²) < 4.78 is 5.34. The van der Waals surface area contributed by atoms with Crippen molar-refractivity contribution in [1.29, 1.82) is 0 Å². The fourth-order valence-corrected chi connectivity index (χ4v) is 2.50. The molecule has 98 valence electrons. The minimum Gasteiger partial charge on any atom is -0.355 e. The number of Topliss-reactive ketones (excluding diaryl/α,β-unsaturated/α-hetero) is 1. The number of rotatable bonds is 2. The van der Waals surface area contributed by atoms with Gasteiger partial charge in [-0.05, 0) is 44.0 Å². The molecule has 2 saturated heterocycles. The van der Waals surface area contributed by atoms with Crippen molar-refractivity contribution in [2.45, 2.75) is 32.0 Å². The predicted octanol–water partition coefficient (Wildman–Crippen LogP) is 1.31. The second kappa shape index (κ2) is 4.28. The Morgan fingerprint density at radius 3 is 2.11 bits per heavy atom. The van der Waals surface area contributed by atoms with E-state index in [9.17, 15) is 14.4 Å². The van der Waals surface area contributed by atoms with Crippen LogP contribution in [0, 0.1) is 0 Å². The van der Waals surface area contributed by atoms with Crippen LogP contribution in [-0.4, -0.2) is 29.8 Å². The van der Waals surface area contributed by atoms with E-state index in [1.165, 1.54) is 11.8 Å². The van der Waals surface area contributed by atoms with Gasteiger partial charge in [-0.25, -0.2) is 4.90 Å². The molecule has 2 fully saturated rings. The Hall–Kier alpha value is -2.01. The van der Waals surface area contributed by atoms with Crippen molar-refractivity contribution in [3.8, 4) is 0 Å². The number of morpholine rings is 1. The number of hydrogen-bond donors (Lipinski definition) is 0. The van der Waals surface area contributed by atoms with Gasteiger partial charge in [-0.2, -0.15) is 0 Å². The third-order valence-corrected chi connectivity index (χ3v) is 3.54. The van der Waals surface area contributed by atoms with Gasteiger partial charge in [-0.1, -0.05) is 0 Å². The van der Waals surface area contributed by atoms with Crippen LogP contribution in [0.3, 0.4) is 0 Å². The number of nitrogens with zero attached hydrogens (tertiary/aromatic N) is 1. The molecule has 0 spiro atoms. The highest BCUT2D eigenvalue weighted by atomic mass is 16.5. The third kappa shape index (κ3) is 1.86. The Bertz CT molecular complexity index is 541. The van der Waals surface area contributed by atoms with Crippen molar-refractivity contribution in [2.75, 3.05) is 4.90 Å². The zero-order chi connectivity index (χ0) is 13.6. The molecule has 2 heterocycles. The number of hydrogen-bond acceptors (Lipinski definition) is 4. The van der Waals surface area contributed by atoms with Crippen LogP contribution in [0.1, 0.15) is 30.1 Å². The van der Waals surface area contributed by atoms with Gasteiger partial charge in [0.05, 0.1) is 5.69 Å². The fourth-order valence-electron chi connectivity index (χ4n) is 2.50. The minimum absolute atomic E-state index is 0.0498. The summed E-state index contributed by atoms with van der Waals surface area (Å²) in [5.74, 6) is -0.671. The lowest BCUT2D eigenvalue weighted by atomic mass is 10.1. The van der Waals surface area contributed by atoms with E-state index in [4.69, 9.17) is 4.74 Å². The van der Waals surface area contributed by atoms with Crippen LogP contribution in [0.2, 0.25) is 0 Å². The van der Waals surface area contributed by atoms with Gasteiger partial charge < -0.3 is 4.74 Å². The Labute approximate surface area is 110 Å². The van der Waals surface area contributed by atoms with E-state index in [1.807, 2.05) is 0 Å². The molecule has 2 aliphatic heterocycles. The quantitative estimate of drug-likeness (QED) is 0.593. The predicted molar refractivity (Wildman–Crippen MR) is 66.8 cm³/mol. The highest BCUT2D eigenvalue weighted by molar-refractivity contribution is 6.19. The molecule has 0 radical (unpaired) electrons. The molecule has 2 aliphatic rings. The molecule has 2 amide bonds. The summed E-state index contributed by atoms with van der Waals surface area (Å²) in [6.07, 6.45) is 0.180. The van der Waals surface area contributed by atoms with Crippen LogP contribution in [0.5, 0.6) is 0 Å². The smallest absolute Gasteiger partial charge is 0.262 e. The molecule has 19 heavy (non-hydrogen) atoms. The average molecular weight is 259 g/mol. The van der Waals surface area contributed by atoms with Crippen LogP contribution in [0.4, 0.5) is 5.69 Å². The minimum atomic E-state index is -0.504. The molecule has 0 N–H and O–H groups in total. The van der Waals surface area contributed by atoms with Crippen molar-refractivity contribution < 1.29 is 19.1 Å². The summed E-state index contributed by atoms with van der Waals surface area (Å²) in [4.78, 5) is 36.6. The van der Waals surface area contributed by atoms with E-state index < -0.39 is 12.2 Å². The number of imide groups is 1. The van der Waals surface area contributed by atoms with Crippen molar-refractivity contribution in [3.63, 3.8) is 0 Å². The molecular weight excluding hydrogens is 246 g/mol. The van der Waals surface area contributed by atoms with Crippen molar-refractivity contribution >= 4 is 23.3 Å². The first-order valence-electron chi connectivity index (χ1n) is 6.22. The standard InChI is InChI=1S/C14H13NO4/c1-8(16)9-2-4-10(5-3-9)15-13(17)11-6-7-12(19-11)14(15)18/h2-5,11-12H,6-7H2,1H3. The first-order valence-corrected chi connectivity index (χ1v) is 6.22. The normalized spacial score (nSPS) is 25.8. The van der Waals surface area contributed by atoms with Crippen LogP contribution >= 0.6 is 0 Å². The molecule has 2 atom stereocenters. The molecule has 0 aliphatic carbocycles. The lowest BCUT2D eigenvalue weighted by molar-refractivity contribution is -0.146. The number of ether oxygens (including phenoxy) is 1. The van der Waals surface area contributed by atoms with Gasteiger partial charge in [0, 0.05) is 5.56 Å². The van der Waals surface area contributed by atoms with E-state index in [0.29, 0.717) is 24.1 Å². The molecule has 0 aromatic heterocycles. The molecule has 3 rings (SSSR count). The Kier molecular flexibility index (Phi) is 2.71. The molecule has 2 unspecified atom stereocenters. The second-order valence-electron chi connectivity index (χ2n) is 4.81. The molecule has 0 saturated carbocycles. The number of amides is 2. The van der Waals surface area contributed by atoms with E-state index in [0.717, 1.165) is 0 Å². The highest BCUT2D eigenvalue weighted by Crippen LogP contribution is 2.31. The van der Waals surface area contributed by atoms with Crippen molar-refractivity contribution in [1.82, 2.24) is 0 Å². The van der Waals surface area contributed by atoms with E-state index >= 15 is 0 Å². The van der Waals surface area contributed by atoms with Crippen LogP contribution in [0.15, 0.2) is 24.3 Å². The van der Waals surface area contributed by atoms with Gasteiger partial charge in [0.2, 0.25) is 0 Å². The SMILES string of the molecule is CC(=O)c1ccc(N2C(=O)C3CCC(O3)C2=O)cc1. The lowest BCUT2D eigenvalue weighted by Gasteiger charge is -2.29. The molecular formula is C14H13NO4. The molecule has 1 aromatic rings. The summed E-state index contributed by atoms with van der Waals surface area (Å²) in [6, 6.07) is 6.49. The average Bonchev–Trinajstić information content (AvgIpc) is 2.84. The van der Waals surface area contributed by atoms with Gasteiger partial charge >= 0.3 is 0 Å². The van der Waals surface area contributed by atoms with Gasteiger partial charge in [0.15, 0.2) is 5.78 Å². The third-order valence-electron chi connectivity index (χ3n) is 3.54. The molecule has 1 aromatic carbocycles. The van der Waals surface area contributed by atoms with Crippen molar-refractivity contribution in [2.24, 2.45) is 0 Å². The summed E-state index contributed by atoms with van der Waals surface area (Å²) in [7, 11) is 0. The van der Waals surface area contributed by atoms with E-state index in [1.54, 1.807) is 24.3 Å². The van der Waals surface area contributed by atoms with Gasteiger partial charge in [-0.3, -0.25) is 14.4 Å². The fraction of sp³-hybridized carbons (Fsp3) is 0.357. The Morgan fingerprint density at radius 1 is 1.11 bits per heavy atom. The maximum Gasteiger partial charge on any atom is 0.262 e. The number of benzene rings is 1. The van der Waals surface area contributed by atoms with Crippen LogP contribution < -0.4 is 4.90 Å². The topological polar surface area (TPSA) is 63.7 Å². The largest absolute Gasteiger partial charge is 0.355 e. The van der Waals surface area contributed by atoms with Crippen molar-refractivity contribution in [3.05, 3.63) is 29.8 Å². The summed E-state index contributed by atoms with van der Waals surface area (Å²) in [6.45, 7) is 1.47. The second-order valence-corrected chi connectivity index (χ2v) is 4.81. The first-order chi connectivity index (χ1) is 9.08. The zero-order valence-corrected chi connectivity index (χ0v) is 10.5. The lowest BCUT2D eigenvalue weighted by Crippen LogP contribution is -2.52. The number of carbonyl (C=O) groups excluding carboxylic acids is 3. The van der Waals surface area contributed by atoms with Crippen LogP contribution in [-0.2, 0) is 14.3 Å². The van der Waals surface area contributed by atoms with Crippen LogP contribution in [0.25, 0.3) is 0 Å². The highest BCUT2D eigenvalue weighted by Gasteiger charge is 2.47. The zero-order valence-electron chi connectivity index (χ0n) is 10.5. The van der Waals surface area contributed by atoms with E-state index in [2.05, 4.69) is 0 Å². The number of carbonyl (C=O) groups is 3. The van der Waals surface area contributed by atoms with Gasteiger partial charge in [0.25, 0.3) is 11.8 Å². The summed E-state index contributed by atoms with van der Waals surface area (Å²) in [5, 5.41) is 0. The summed E-state index contributed by atoms with van der Waals surface area (Å²) in [5.41, 5.74) is 1.06. The Morgan fingerprint density at radius 2 is 1.63 bits per heavy atom. The first kappa shape index (κ1) is 12.0.